The number of hydrogen-bond donors (Lipinski definition) is 1. The summed E-state index contributed by atoms with van der Waals surface area (Å²) in [6.45, 7) is 3.90. The number of methoxy groups -OCH3 is 1. The molecule has 0 radical (unpaired) electrons. The zero-order valence-electron chi connectivity index (χ0n) is 17.2. The number of aromatic nitrogens is 2. The summed E-state index contributed by atoms with van der Waals surface area (Å²) in [6, 6.07) is 2.54. The van der Waals surface area contributed by atoms with Gasteiger partial charge >= 0.3 is 5.97 Å². The van der Waals surface area contributed by atoms with Gasteiger partial charge < -0.3 is 10.1 Å². The number of benzene rings is 1. The first-order chi connectivity index (χ1) is 14.3. The minimum Gasteiger partial charge on any atom is -0.467 e. The zero-order chi connectivity index (χ0) is 21.6. The molecule has 0 saturated heterocycles. The van der Waals surface area contributed by atoms with E-state index in [0.717, 1.165) is 36.6 Å². The highest BCUT2D eigenvalue weighted by Crippen LogP contribution is 2.54. The summed E-state index contributed by atoms with van der Waals surface area (Å²) >= 11 is 0. The van der Waals surface area contributed by atoms with Crippen molar-refractivity contribution in [2.24, 2.45) is 5.92 Å². The monoisotopic (exact) mass is 417 g/mol. The minimum atomic E-state index is -0.788. The fourth-order valence-corrected chi connectivity index (χ4v) is 4.79. The highest BCUT2D eigenvalue weighted by atomic mass is 19.1. The maximum Gasteiger partial charge on any atom is 0.328 e. The highest BCUT2D eigenvalue weighted by Gasteiger charge is 2.44. The predicted molar refractivity (Wildman–Crippen MR) is 106 cm³/mol. The molecule has 1 fully saturated rings. The van der Waals surface area contributed by atoms with E-state index in [4.69, 9.17) is 4.74 Å². The van der Waals surface area contributed by atoms with Crippen molar-refractivity contribution in [1.29, 1.82) is 0 Å². The third-order valence-corrected chi connectivity index (χ3v) is 6.04. The molecule has 1 N–H and O–H groups in total. The quantitative estimate of drug-likeness (QED) is 0.725. The van der Waals surface area contributed by atoms with Crippen LogP contribution in [0.15, 0.2) is 18.2 Å². The Bertz CT molecular complexity index is 1000. The van der Waals surface area contributed by atoms with E-state index in [2.05, 4.69) is 10.4 Å². The van der Waals surface area contributed by atoms with Crippen LogP contribution in [0.2, 0.25) is 0 Å². The average molecular weight is 417 g/mol. The van der Waals surface area contributed by atoms with Crippen molar-refractivity contribution in [2.45, 2.75) is 57.4 Å². The van der Waals surface area contributed by atoms with Crippen molar-refractivity contribution < 1.29 is 23.1 Å². The lowest BCUT2D eigenvalue weighted by Gasteiger charge is -2.18. The molecule has 1 amide bonds. The number of esters is 1. The first kappa shape index (κ1) is 20.5. The minimum absolute atomic E-state index is 0.117. The maximum atomic E-state index is 14.5. The van der Waals surface area contributed by atoms with Crippen LogP contribution in [0.25, 0.3) is 5.69 Å². The van der Waals surface area contributed by atoms with Gasteiger partial charge in [0.1, 0.15) is 17.5 Å². The molecular weight excluding hydrogens is 392 g/mol. The summed E-state index contributed by atoms with van der Waals surface area (Å²) < 4.78 is 34.2. The fraction of sp³-hybridized carbons (Fsp3) is 0.500. The van der Waals surface area contributed by atoms with Gasteiger partial charge in [-0.05, 0) is 49.7 Å². The Morgan fingerprint density at radius 2 is 2.00 bits per heavy atom. The van der Waals surface area contributed by atoms with E-state index < -0.39 is 29.6 Å². The number of nitrogens with zero attached hydrogens (tertiary/aromatic N) is 2. The van der Waals surface area contributed by atoms with Crippen LogP contribution in [0.1, 0.15) is 73.1 Å². The number of halogens is 2. The Balaban J connectivity index is 1.73. The largest absolute Gasteiger partial charge is 0.467 e. The Kier molecular flexibility index (Phi) is 5.34. The molecule has 2 aromatic rings. The number of nitrogens with one attached hydrogen (secondary N) is 1. The van der Waals surface area contributed by atoms with Gasteiger partial charge in [-0.3, -0.25) is 4.79 Å². The molecular formula is C22H25F2N3O3. The predicted octanol–water partition coefficient (Wildman–Crippen LogP) is 3.83. The molecule has 8 heteroatoms. The Hall–Kier alpha value is -2.77. The van der Waals surface area contributed by atoms with Crippen molar-refractivity contribution in [2.75, 3.05) is 7.11 Å². The number of fused-ring (bicyclic) bond motifs is 5. The van der Waals surface area contributed by atoms with E-state index in [1.807, 2.05) is 13.8 Å². The molecule has 2 aliphatic rings. The molecule has 2 bridgehead atoms. The number of hydrogen-bond acceptors (Lipinski definition) is 4. The van der Waals surface area contributed by atoms with Gasteiger partial charge in [-0.15, -0.1) is 0 Å². The lowest BCUT2D eigenvalue weighted by Crippen LogP contribution is -2.42. The molecule has 3 atom stereocenters. The van der Waals surface area contributed by atoms with Gasteiger partial charge in [0.25, 0.3) is 5.91 Å². The molecule has 4 rings (SSSR count). The Labute approximate surface area is 173 Å². The average Bonchev–Trinajstić information content (AvgIpc) is 3.39. The van der Waals surface area contributed by atoms with Crippen LogP contribution in [0, 0.1) is 17.6 Å². The first-order valence-corrected chi connectivity index (χ1v) is 10.3. The topological polar surface area (TPSA) is 73.2 Å². The van der Waals surface area contributed by atoms with E-state index >= 15 is 0 Å². The summed E-state index contributed by atoms with van der Waals surface area (Å²) in [4.78, 5) is 25.3. The first-order valence-electron chi connectivity index (χ1n) is 10.3. The van der Waals surface area contributed by atoms with E-state index in [1.54, 1.807) is 0 Å². The summed E-state index contributed by atoms with van der Waals surface area (Å²) in [5, 5.41) is 7.19. The van der Waals surface area contributed by atoms with Gasteiger partial charge in [-0.25, -0.2) is 18.3 Å². The molecule has 30 heavy (non-hydrogen) atoms. The molecule has 1 saturated carbocycles. The van der Waals surface area contributed by atoms with Gasteiger partial charge in [0.2, 0.25) is 0 Å². The number of carbonyl (C=O) groups is 2. The van der Waals surface area contributed by atoms with Gasteiger partial charge in [0.15, 0.2) is 11.5 Å². The molecule has 160 valence electrons. The second kappa shape index (κ2) is 7.81. The van der Waals surface area contributed by atoms with Crippen LogP contribution < -0.4 is 5.32 Å². The fourth-order valence-electron chi connectivity index (χ4n) is 4.79. The molecule has 2 aliphatic carbocycles. The number of ether oxygens (including phenoxy) is 1. The number of rotatable bonds is 6. The second-order valence-corrected chi connectivity index (χ2v) is 8.54. The van der Waals surface area contributed by atoms with Crippen LogP contribution in [0.5, 0.6) is 0 Å². The molecule has 0 spiro atoms. The third-order valence-electron chi connectivity index (χ3n) is 6.04. The molecule has 0 aliphatic heterocycles. The summed E-state index contributed by atoms with van der Waals surface area (Å²) in [7, 11) is 1.28. The summed E-state index contributed by atoms with van der Waals surface area (Å²) in [6.07, 6.45) is 3.22. The van der Waals surface area contributed by atoms with Gasteiger partial charge in [-0.1, -0.05) is 13.8 Å². The summed E-state index contributed by atoms with van der Waals surface area (Å²) in [5.74, 6) is -1.85. The van der Waals surface area contributed by atoms with Gasteiger partial charge in [0.05, 0.1) is 12.8 Å². The Morgan fingerprint density at radius 1 is 1.27 bits per heavy atom. The van der Waals surface area contributed by atoms with E-state index in [9.17, 15) is 18.4 Å². The van der Waals surface area contributed by atoms with Crippen molar-refractivity contribution in [1.82, 2.24) is 15.1 Å². The van der Waals surface area contributed by atoms with Crippen LogP contribution in [-0.4, -0.2) is 34.8 Å². The number of carbonyl (C=O) groups excluding carboxylic acids is 2. The lowest BCUT2D eigenvalue weighted by atomic mass is 9.95. The van der Waals surface area contributed by atoms with Crippen molar-refractivity contribution in [3.8, 4) is 5.69 Å². The smallest absolute Gasteiger partial charge is 0.328 e. The molecule has 2 unspecified atom stereocenters. The van der Waals surface area contributed by atoms with E-state index in [0.29, 0.717) is 6.42 Å². The van der Waals surface area contributed by atoms with Gasteiger partial charge in [0, 0.05) is 17.5 Å². The molecule has 6 nitrogen and oxygen atoms in total. The van der Waals surface area contributed by atoms with Crippen molar-refractivity contribution in [3.63, 3.8) is 0 Å². The normalized spacial score (nSPS) is 20.3. The SMILES string of the molecule is COC(=O)[C@H](CC(C)C)NC(=O)c1nn(-c2ccc(F)cc2F)c2c1C1CCC2C1. The number of amides is 1. The van der Waals surface area contributed by atoms with Crippen molar-refractivity contribution >= 4 is 11.9 Å². The van der Waals surface area contributed by atoms with Crippen LogP contribution in [0.3, 0.4) is 0 Å². The standard InChI is InChI=1S/C22H25F2N3O3/c1-11(2)8-16(22(29)30-3)25-21(28)19-18-12-4-5-13(9-12)20(18)27(26-19)17-7-6-14(23)10-15(17)24/h6-7,10-13,16H,4-5,8-9H2,1-3H3,(H,25,28)/t12?,13?,16-/m0/s1. The lowest BCUT2D eigenvalue weighted by molar-refractivity contribution is -0.143. The van der Waals surface area contributed by atoms with E-state index in [-0.39, 0.29) is 29.1 Å². The maximum absolute atomic E-state index is 14.5. The van der Waals surface area contributed by atoms with Crippen LogP contribution in [0.4, 0.5) is 8.78 Å². The third kappa shape index (κ3) is 3.48. The van der Waals surface area contributed by atoms with Crippen molar-refractivity contribution in [3.05, 3.63) is 46.8 Å². The zero-order valence-corrected chi connectivity index (χ0v) is 17.2. The molecule has 1 heterocycles. The Morgan fingerprint density at radius 3 is 2.67 bits per heavy atom. The highest BCUT2D eigenvalue weighted by molar-refractivity contribution is 5.97. The molecule has 1 aromatic heterocycles. The molecule has 1 aromatic carbocycles. The van der Waals surface area contributed by atoms with Crippen LogP contribution in [-0.2, 0) is 9.53 Å². The van der Waals surface area contributed by atoms with Crippen LogP contribution >= 0.6 is 0 Å². The second-order valence-electron chi connectivity index (χ2n) is 8.54. The van der Waals surface area contributed by atoms with Gasteiger partial charge in [-0.2, -0.15) is 5.10 Å². The summed E-state index contributed by atoms with van der Waals surface area (Å²) in [5.41, 5.74) is 1.96. The van der Waals surface area contributed by atoms with E-state index in [1.165, 1.54) is 23.9 Å².